The van der Waals surface area contributed by atoms with Crippen molar-refractivity contribution in [1.29, 1.82) is 0 Å². The topological polar surface area (TPSA) is 66.9 Å². The van der Waals surface area contributed by atoms with Gasteiger partial charge < -0.3 is 10.6 Å². The number of aromatic nitrogens is 2. The van der Waals surface area contributed by atoms with Crippen molar-refractivity contribution < 1.29 is 4.79 Å². The molecule has 0 spiro atoms. The molecule has 0 bridgehead atoms. The number of nitrogens with zero attached hydrogens (tertiary/aromatic N) is 2. The molecular formula is C21H28N4O. The monoisotopic (exact) mass is 352 g/mol. The number of benzene rings is 1. The van der Waals surface area contributed by atoms with Gasteiger partial charge in [-0.1, -0.05) is 56.0 Å². The van der Waals surface area contributed by atoms with Gasteiger partial charge in [-0.05, 0) is 31.2 Å². The standard InChI is InChI=1S/C21H28N4O/c26-21(22-14-8-11-17-9-4-3-5-10-17)19-15-24-20(16-23-19)25-18-12-6-1-2-7-13-18/h3-5,9-10,15-16,18H,1-2,6-8,11-14H2,(H,22,26)(H,24,25). The van der Waals surface area contributed by atoms with Crippen LogP contribution in [0.25, 0.3) is 0 Å². The zero-order valence-corrected chi connectivity index (χ0v) is 15.3. The lowest BCUT2D eigenvalue weighted by molar-refractivity contribution is 0.0948. The zero-order chi connectivity index (χ0) is 18.0. The second kappa shape index (κ2) is 9.90. The average Bonchev–Trinajstić information content (AvgIpc) is 2.95. The predicted molar refractivity (Wildman–Crippen MR) is 104 cm³/mol. The molecule has 1 saturated carbocycles. The molecule has 3 rings (SSSR count). The van der Waals surface area contributed by atoms with Crippen molar-refractivity contribution >= 4 is 11.7 Å². The van der Waals surface area contributed by atoms with Gasteiger partial charge in [0.05, 0.1) is 12.4 Å². The summed E-state index contributed by atoms with van der Waals surface area (Å²) in [6, 6.07) is 10.8. The first kappa shape index (κ1) is 18.4. The summed E-state index contributed by atoms with van der Waals surface area (Å²) in [6.07, 6.45) is 12.7. The molecule has 0 radical (unpaired) electrons. The van der Waals surface area contributed by atoms with Gasteiger partial charge in [-0.15, -0.1) is 0 Å². The number of amides is 1. The fourth-order valence-electron chi connectivity index (χ4n) is 3.38. The molecule has 0 atom stereocenters. The molecule has 138 valence electrons. The van der Waals surface area contributed by atoms with Gasteiger partial charge in [-0.25, -0.2) is 9.97 Å². The molecule has 0 unspecified atom stereocenters. The minimum absolute atomic E-state index is 0.161. The second-order valence-electron chi connectivity index (χ2n) is 6.96. The highest BCUT2D eigenvalue weighted by Crippen LogP contribution is 2.20. The third-order valence-electron chi connectivity index (χ3n) is 4.86. The van der Waals surface area contributed by atoms with Crippen molar-refractivity contribution in [2.45, 2.75) is 57.4 Å². The number of rotatable bonds is 7. The van der Waals surface area contributed by atoms with E-state index >= 15 is 0 Å². The van der Waals surface area contributed by atoms with Crippen molar-refractivity contribution in [2.24, 2.45) is 0 Å². The molecule has 1 aliphatic carbocycles. The van der Waals surface area contributed by atoms with E-state index in [-0.39, 0.29) is 5.91 Å². The van der Waals surface area contributed by atoms with Crippen LogP contribution in [0.1, 0.15) is 61.0 Å². The average molecular weight is 352 g/mol. The first-order valence-corrected chi connectivity index (χ1v) is 9.72. The second-order valence-corrected chi connectivity index (χ2v) is 6.96. The summed E-state index contributed by atoms with van der Waals surface area (Å²) >= 11 is 0. The Balaban J connectivity index is 1.41. The molecular weight excluding hydrogens is 324 g/mol. The largest absolute Gasteiger partial charge is 0.366 e. The first-order chi connectivity index (χ1) is 12.8. The third kappa shape index (κ3) is 5.83. The van der Waals surface area contributed by atoms with Crippen LogP contribution in [-0.4, -0.2) is 28.5 Å². The van der Waals surface area contributed by atoms with Crippen molar-refractivity contribution in [3.63, 3.8) is 0 Å². The van der Waals surface area contributed by atoms with Gasteiger partial charge in [0.2, 0.25) is 0 Å². The molecule has 0 saturated heterocycles. The highest BCUT2D eigenvalue weighted by atomic mass is 16.1. The van der Waals surface area contributed by atoms with E-state index in [4.69, 9.17) is 0 Å². The van der Waals surface area contributed by atoms with Gasteiger partial charge in [0.1, 0.15) is 11.5 Å². The highest BCUT2D eigenvalue weighted by molar-refractivity contribution is 5.91. The minimum atomic E-state index is -0.161. The molecule has 1 amide bonds. The quantitative estimate of drug-likeness (QED) is 0.584. The highest BCUT2D eigenvalue weighted by Gasteiger charge is 2.13. The van der Waals surface area contributed by atoms with E-state index in [0.717, 1.165) is 18.7 Å². The molecule has 1 heterocycles. The van der Waals surface area contributed by atoms with Crippen LogP contribution in [0.4, 0.5) is 5.82 Å². The van der Waals surface area contributed by atoms with Crippen molar-refractivity contribution in [3.8, 4) is 0 Å². The number of hydrogen-bond donors (Lipinski definition) is 2. The molecule has 1 fully saturated rings. The van der Waals surface area contributed by atoms with Gasteiger partial charge in [0.15, 0.2) is 0 Å². The minimum Gasteiger partial charge on any atom is -0.366 e. The van der Waals surface area contributed by atoms with Crippen molar-refractivity contribution in [2.75, 3.05) is 11.9 Å². The summed E-state index contributed by atoms with van der Waals surface area (Å²) in [5, 5.41) is 6.37. The number of aryl methyl sites for hydroxylation is 1. The van der Waals surface area contributed by atoms with E-state index in [2.05, 4.69) is 32.7 Å². The molecule has 0 aliphatic heterocycles. The molecule has 1 aromatic heterocycles. The van der Waals surface area contributed by atoms with Crippen molar-refractivity contribution in [3.05, 3.63) is 54.0 Å². The van der Waals surface area contributed by atoms with Crippen LogP contribution in [0.3, 0.4) is 0 Å². The van der Waals surface area contributed by atoms with Crippen LogP contribution in [-0.2, 0) is 6.42 Å². The van der Waals surface area contributed by atoms with Crippen LogP contribution < -0.4 is 10.6 Å². The maximum Gasteiger partial charge on any atom is 0.271 e. The summed E-state index contributed by atoms with van der Waals surface area (Å²) in [6.45, 7) is 0.636. The summed E-state index contributed by atoms with van der Waals surface area (Å²) in [4.78, 5) is 20.8. The summed E-state index contributed by atoms with van der Waals surface area (Å²) < 4.78 is 0. The fraction of sp³-hybridized carbons (Fsp3) is 0.476. The lowest BCUT2D eigenvalue weighted by Gasteiger charge is -2.16. The van der Waals surface area contributed by atoms with Gasteiger partial charge in [-0.2, -0.15) is 0 Å². The smallest absolute Gasteiger partial charge is 0.271 e. The van der Waals surface area contributed by atoms with Gasteiger partial charge >= 0.3 is 0 Å². The molecule has 1 aliphatic rings. The first-order valence-electron chi connectivity index (χ1n) is 9.72. The van der Waals surface area contributed by atoms with Crippen molar-refractivity contribution in [1.82, 2.24) is 15.3 Å². The number of hydrogen-bond acceptors (Lipinski definition) is 4. The Bertz CT molecular complexity index is 664. The van der Waals surface area contributed by atoms with Gasteiger partial charge in [0.25, 0.3) is 5.91 Å². The predicted octanol–water partition coefficient (Wildman–Crippen LogP) is 3.97. The van der Waals surface area contributed by atoms with Crippen LogP contribution in [0, 0.1) is 0 Å². The lowest BCUT2D eigenvalue weighted by atomic mass is 10.1. The fourth-order valence-corrected chi connectivity index (χ4v) is 3.38. The number of nitrogens with one attached hydrogen (secondary N) is 2. The molecule has 5 heteroatoms. The molecule has 1 aromatic carbocycles. The summed E-state index contributed by atoms with van der Waals surface area (Å²) in [5.74, 6) is 0.601. The van der Waals surface area contributed by atoms with E-state index in [1.54, 1.807) is 12.4 Å². The lowest BCUT2D eigenvalue weighted by Crippen LogP contribution is -2.26. The SMILES string of the molecule is O=C(NCCCc1ccccc1)c1cnc(NC2CCCCCC2)cn1. The van der Waals surface area contributed by atoms with Crippen LogP contribution >= 0.6 is 0 Å². The van der Waals surface area contributed by atoms with Crippen LogP contribution in [0.15, 0.2) is 42.7 Å². The van der Waals surface area contributed by atoms with E-state index in [0.29, 0.717) is 18.3 Å². The molecule has 5 nitrogen and oxygen atoms in total. The summed E-state index contributed by atoms with van der Waals surface area (Å²) in [7, 11) is 0. The van der Waals surface area contributed by atoms with E-state index in [9.17, 15) is 4.79 Å². The number of anilines is 1. The van der Waals surface area contributed by atoms with E-state index in [1.165, 1.54) is 44.1 Å². The van der Waals surface area contributed by atoms with Gasteiger partial charge in [-0.3, -0.25) is 4.79 Å². The maximum absolute atomic E-state index is 12.2. The van der Waals surface area contributed by atoms with Crippen LogP contribution in [0.5, 0.6) is 0 Å². The molecule has 2 aromatic rings. The van der Waals surface area contributed by atoms with E-state index in [1.807, 2.05) is 18.2 Å². The normalized spacial score (nSPS) is 15.2. The Hall–Kier alpha value is -2.43. The Kier molecular flexibility index (Phi) is 6.99. The molecule has 2 N–H and O–H groups in total. The number of carbonyl (C=O) groups is 1. The zero-order valence-electron chi connectivity index (χ0n) is 15.3. The van der Waals surface area contributed by atoms with E-state index < -0.39 is 0 Å². The summed E-state index contributed by atoms with van der Waals surface area (Å²) in [5.41, 5.74) is 1.66. The Labute approximate surface area is 155 Å². The third-order valence-corrected chi connectivity index (χ3v) is 4.86. The van der Waals surface area contributed by atoms with Gasteiger partial charge in [0, 0.05) is 12.6 Å². The maximum atomic E-state index is 12.2. The molecule has 26 heavy (non-hydrogen) atoms. The number of carbonyl (C=O) groups excluding carboxylic acids is 1. The van der Waals surface area contributed by atoms with Crippen LogP contribution in [0.2, 0.25) is 0 Å². The Morgan fingerprint density at radius 3 is 2.46 bits per heavy atom. The Morgan fingerprint density at radius 1 is 1.00 bits per heavy atom. The Morgan fingerprint density at radius 2 is 1.77 bits per heavy atom.